The Kier molecular flexibility index (Phi) is 5.03. The lowest BCUT2D eigenvalue weighted by atomic mass is 10.1. The Balaban J connectivity index is 2.22. The van der Waals surface area contributed by atoms with Crippen molar-refractivity contribution < 1.29 is 14.6 Å². The first-order valence-electron chi connectivity index (χ1n) is 8.28. The van der Waals surface area contributed by atoms with Crippen molar-refractivity contribution >= 4 is 5.69 Å². The molecule has 3 aromatic rings. The molecule has 1 heterocycles. The topological polar surface area (TPSA) is 78.0 Å². The van der Waals surface area contributed by atoms with Gasteiger partial charge in [0.2, 0.25) is 0 Å². The van der Waals surface area contributed by atoms with E-state index in [-0.39, 0.29) is 11.4 Å². The predicted molar refractivity (Wildman–Crippen MR) is 103 cm³/mol. The van der Waals surface area contributed by atoms with Crippen LogP contribution in [0.4, 0.5) is 5.69 Å². The van der Waals surface area contributed by atoms with E-state index >= 15 is 0 Å². The van der Waals surface area contributed by atoms with Gasteiger partial charge in [0.05, 0.1) is 25.6 Å². The first-order chi connectivity index (χ1) is 12.9. The summed E-state index contributed by atoms with van der Waals surface area (Å²) in [6.45, 7) is 0. The maximum atomic E-state index is 12.7. The summed E-state index contributed by atoms with van der Waals surface area (Å²) in [6.07, 6.45) is 0. The van der Waals surface area contributed by atoms with Gasteiger partial charge in [0, 0.05) is 25.7 Å². The molecule has 7 nitrogen and oxygen atoms in total. The SMILES string of the molecule is COc1ccc(-c2c/c(=N/c3ccc(O)cc3)n(C)c(=O)n2C)cc1OC. The van der Waals surface area contributed by atoms with Gasteiger partial charge >= 0.3 is 5.69 Å². The van der Waals surface area contributed by atoms with Crippen LogP contribution in [0.5, 0.6) is 17.2 Å². The van der Waals surface area contributed by atoms with Gasteiger partial charge < -0.3 is 14.6 Å². The van der Waals surface area contributed by atoms with Crippen molar-refractivity contribution in [1.29, 1.82) is 0 Å². The fraction of sp³-hybridized carbons (Fsp3) is 0.200. The molecule has 0 saturated heterocycles. The van der Waals surface area contributed by atoms with Gasteiger partial charge in [0.25, 0.3) is 0 Å². The third-order valence-electron chi connectivity index (χ3n) is 4.32. The van der Waals surface area contributed by atoms with Crippen LogP contribution in [0.15, 0.2) is 58.3 Å². The molecular formula is C20H21N3O4. The summed E-state index contributed by atoms with van der Waals surface area (Å²) < 4.78 is 13.7. The highest BCUT2D eigenvalue weighted by Crippen LogP contribution is 2.31. The van der Waals surface area contributed by atoms with E-state index < -0.39 is 0 Å². The second kappa shape index (κ2) is 7.41. The maximum Gasteiger partial charge on any atom is 0.329 e. The quantitative estimate of drug-likeness (QED) is 0.768. The maximum absolute atomic E-state index is 12.7. The molecule has 1 N–H and O–H groups in total. The Bertz CT molecular complexity index is 1100. The van der Waals surface area contributed by atoms with E-state index in [1.165, 1.54) is 4.57 Å². The van der Waals surface area contributed by atoms with Crippen molar-refractivity contribution in [2.24, 2.45) is 19.1 Å². The third kappa shape index (κ3) is 3.57. The van der Waals surface area contributed by atoms with Crippen LogP contribution in [-0.4, -0.2) is 28.5 Å². The number of nitrogens with zero attached hydrogens (tertiary/aromatic N) is 3. The van der Waals surface area contributed by atoms with Crippen molar-refractivity contribution in [3.05, 3.63) is 64.5 Å². The number of phenolic OH excluding ortho intramolecular Hbond substituents is 1. The molecule has 0 radical (unpaired) electrons. The van der Waals surface area contributed by atoms with E-state index in [2.05, 4.69) is 4.99 Å². The number of rotatable bonds is 4. The summed E-state index contributed by atoms with van der Waals surface area (Å²) in [5.41, 5.74) is 2.41. The molecule has 0 unspecified atom stereocenters. The zero-order valence-electron chi connectivity index (χ0n) is 15.6. The van der Waals surface area contributed by atoms with Gasteiger partial charge in [0.1, 0.15) is 11.2 Å². The normalized spacial score (nSPS) is 11.5. The molecule has 7 heteroatoms. The lowest BCUT2D eigenvalue weighted by Crippen LogP contribution is -2.37. The lowest BCUT2D eigenvalue weighted by molar-refractivity contribution is 0.355. The third-order valence-corrected chi connectivity index (χ3v) is 4.32. The van der Waals surface area contributed by atoms with Gasteiger partial charge in [-0.15, -0.1) is 0 Å². The minimum absolute atomic E-state index is 0.160. The van der Waals surface area contributed by atoms with Crippen LogP contribution in [0.3, 0.4) is 0 Å². The second-order valence-electron chi connectivity index (χ2n) is 5.99. The van der Waals surface area contributed by atoms with Crippen molar-refractivity contribution in [3.63, 3.8) is 0 Å². The average molecular weight is 367 g/mol. The van der Waals surface area contributed by atoms with Gasteiger partial charge in [-0.2, -0.15) is 0 Å². The lowest BCUT2D eigenvalue weighted by Gasteiger charge is -2.13. The molecule has 0 atom stereocenters. The summed E-state index contributed by atoms with van der Waals surface area (Å²) >= 11 is 0. The number of methoxy groups -OCH3 is 2. The highest BCUT2D eigenvalue weighted by molar-refractivity contribution is 5.64. The first kappa shape index (κ1) is 18.3. The molecule has 0 amide bonds. The molecule has 0 aliphatic rings. The van der Waals surface area contributed by atoms with Gasteiger partial charge in [-0.05, 0) is 42.5 Å². The van der Waals surface area contributed by atoms with Crippen LogP contribution in [0.1, 0.15) is 0 Å². The first-order valence-corrected chi connectivity index (χ1v) is 8.28. The number of hydrogen-bond donors (Lipinski definition) is 1. The fourth-order valence-electron chi connectivity index (χ4n) is 2.78. The van der Waals surface area contributed by atoms with Crippen LogP contribution in [0.25, 0.3) is 11.3 Å². The second-order valence-corrected chi connectivity index (χ2v) is 5.99. The van der Waals surface area contributed by atoms with Crippen LogP contribution >= 0.6 is 0 Å². The smallest absolute Gasteiger partial charge is 0.329 e. The molecule has 0 aliphatic heterocycles. The molecule has 140 valence electrons. The highest BCUT2D eigenvalue weighted by Gasteiger charge is 2.11. The van der Waals surface area contributed by atoms with Crippen molar-refractivity contribution in [1.82, 2.24) is 9.13 Å². The predicted octanol–water partition coefficient (Wildman–Crippen LogP) is 2.35. The Hall–Kier alpha value is -3.48. The molecule has 3 rings (SSSR count). The molecule has 0 bridgehead atoms. The fourth-order valence-corrected chi connectivity index (χ4v) is 2.78. The number of hydrogen-bond acceptors (Lipinski definition) is 5. The number of ether oxygens (including phenoxy) is 2. The number of benzene rings is 2. The van der Waals surface area contributed by atoms with Crippen molar-refractivity contribution in [3.8, 4) is 28.5 Å². The number of aromatic hydroxyl groups is 1. The van der Waals surface area contributed by atoms with Crippen LogP contribution in [0, 0.1) is 0 Å². The minimum Gasteiger partial charge on any atom is -0.508 e. The number of aromatic nitrogens is 2. The molecule has 0 spiro atoms. The van der Waals surface area contributed by atoms with Gasteiger partial charge in [-0.25, -0.2) is 9.79 Å². The zero-order valence-corrected chi connectivity index (χ0v) is 15.6. The van der Waals surface area contributed by atoms with E-state index in [4.69, 9.17) is 9.47 Å². The molecule has 0 saturated carbocycles. The molecular weight excluding hydrogens is 346 g/mol. The zero-order chi connectivity index (χ0) is 19.6. The van der Waals surface area contributed by atoms with E-state index in [1.54, 1.807) is 63.2 Å². The van der Waals surface area contributed by atoms with E-state index in [1.807, 2.05) is 18.2 Å². The van der Waals surface area contributed by atoms with Crippen LogP contribution in [-0.2, 0) is 14.1 Å². The Morgan fingerprint density at radius 3 is 2.19 bits per heavy atom. The Morgan fingerprint density at radius 2 is 1.56 bits per heavy atom. The van der Waals surface area contributed by atoms with E-state index in [9.17, 15) is 9.90 Å². The minimum atomic E-state index is -0.209. The highest BCUT2D eigenvalue weighted by atomic mass is 16.5. The molecule has 0 fully saturated rings. The van der Waals surface area contributed by atoms with E-state index in [0.717, 1.165) is 5.56 Å². The summed E-state index contributed by atoms with van der Waals surface area (Å²) in [6, 6.07) is 13.8. The Labute approximate surface area is 156 Å². The summed E-state index contributed by atoms with van der Waals surface area (Å²) in [5.74, 6) is 1.35. The average Bonchev–Trinajstić information content (AvgIpc) is 2.69. The molecule has 0 aliphatic carbocycles. The standard InChI is InChI=1S/C20H21N3O4/c1-22-16(13-5-10-17(26-3)18(11-13)27-4)12-19(23(2)20(22)25)21-14-6-8-15(24)9-7-14/h5-12,24H,1-4H3/b21-19-. The van der Waals surface area contributed by atoms with Crippen molar-refractivity contribution in [2.75, 3.05) is 14.2 Å². The van der Waals surface area contributed by atoms with E-state index in [0.29, 0.717) is 28.4 Å². The largest absolute Gasteiger partial charge is 0.508 e. The summed E-state index contributed by atoms with van der Waals surface area (Å²) in [4.78, 5) is 17.2. The summed E-state index contributed by atoms with van der Waals surface area (Å²) in [7, 11) is 6.51. The van der Waals surface area contributed by atoms with Gasteiger partial charge in [0.15, 0.2) is 11.5 Å². The monoisotopic (exact) mass is 367 g/mol. The van der Waals surface area contributed by atoms with Crippen LogP contribution in [0.2, 0.25) is 0 Å². The molecule has 2 aromatic carbocycles. The molecule has 1 aromatic heterocycles. The molecule has 27 heavy (non-hydrogen) atoms. The van der Waals surface area contributed by atoms with Gasteiger partial charge in [-0.3, -0.25) is 9.13 Å². The number of phenols is 1. The van der Waals surface area contributed by atoms with Gasteiger partial charge in [-0.1, -0.05) is 0 Å². The van der Waals surface area contributed by atoms with Crippen LogP contribution < -0.4 is 20.7 Å². The Morgan fingerprint density at radius 1 is 0.889 bits per heavy atom. The summed E-state index contributed by atoms with van der Waals surface area (Å²) in [5, 5.41) is 9.42. The van der Waals surface area contributed by atoms with Crippen molar-refractivity contribution in [2.45, 2.75) is 0 Å².